The first-order chi connectivity index (χ1) is 10.5. The molecule has 22 heavy (non-hydrogen) atoms. The van der Waals surface area contributed by atoms with E-state index in [-0.39, 0.29) is 0 Å². The average molecular weight is 325 g/mol. The highest BCUT2D eigenvalue weighted by atomic mass is 35.5. The molecule has 1 aromatic rings. The number of likely N-dealkylation sites (N-methyl/N-ethyl adjacent to an activating group) is 1. The van der Waals surface area contributed by atoms with Gasteiger partial charge in [0, 0.05) is 11.4 Å². The number of hydrogen-bond acceptors (Lipinski definition) is 0. The van der Waals surface area contributed by atoms with Gasteiger partial charge in [0.1, 0.15) is 26.2 Å². The summed E-state index contributed by atoms with van der Waals surface area (Å²) in [6.45, 7) is 11.3. The van der Waals surface area contributed by atoms with Crippen LogP contribution in [0, 0.1) is 5.92 Å². The largest absolute Gasteiger partial charge is 0.328 e. The molecule has 1 fully saturated rings. The van der Waals surface area contributed by atoms with Crippen LogP contribution in [0.3, 0.4) is 0 Å². The predicted molar refractivity (Wildman–Crippen MR) is 95.1 cm³/mol. The normalized spacial score (nSPS) is 23.7. The van der Waals surface area contributed by atoms with Crippen LogP contribution in [0.25, 0.3) is 0 Å². The maximum atomic E-state index is 6.05. The first kappa shape index (κ1) is 17.8. The lowest BCUT2D eigenvalue weighted by Gasteiger charge is -2.28. The first-order valence-electron chi connectivity index (χ1n) is 8.95. The molecule has 2 N–H and O–H groups in total. The zero-order valence-electron chi connectivity index (χ0n) is 14.5. The lowest BCUT2D eigenvalue weighted by molar-refractivity contribution is -1.00. The molecule has 1 heterocycles. The van der Waals surface area contributed by atoms with Gasteiger partial charge in [-0.15, -0.1) is 0 Å². The molecule has 0 aromatic heterocycles. The molecular formula is C19H33ClN2+2. The number of hydrogen-bond donors (Lipinski definition) is 2. The lowest BCUT2D eigenvalue weighted by atomic mass is 9.88. The Kier molecular flexibility index (Phi) is 7.20. The molecule has 1 aliphatic rings. The Morgan fingerprint density at radius 2 is 1.59 bits per heavy atom. The Morgan fingerprint density at radius 1 is 0.955 bits per heavy atom. The molecule has 1 aliphatic heterocycles. The smallest absolute Gasteiger partial charge is 0.127 e. The summed E-state index contributed by atoms with van der Waals surface area (Å²) < 4.78 is 0. The minimum atomic E-state index is 0.694. The number of quaternary nitrogens is 2. The minimum absolute atomic E-state index is 0.694. The highest BCUT2D eigenvalue weighted by Gasteiger charge is 2.21. The molecule has 0 spiro atoms. The molecule has 3 heteroatoms. The van der Waals surface area contributed by atoms with Crippen molar-refractivity contribution >= 4 is 11.6 Å². The van der Waals surface area contributed by atoms with Gasteiger partial charge in [0.25, 0.3) is 0 Å². The Labute approximate surface area is 141 Å². The van der Waals surface area contributed by atoms with Gasteiger partial charge in [-0.3, -0.25) is 0 Å². The van der Waals surface area contributed by atoms with Crippen LogP contribution in [0.2, 0.25) is 5.02 Å². The fraction of sp³-hybridized carbons (Fsp3) is 0.684. The van der Waals surface area contributed by atoms with Crippen LogP contribution < -0.4 is 9.80 Å². The molecule has 2 rings (SSSR count). The number of piperazine rings is 1. The molecular weight excluding hydrogens is 292 g/mol. The number of benzene rings is 1. The second-order valence-corrected chi connectivity index (χ2v) is 7.90. The molecule has 0 amide bonds. The molecule has 1 atom stereocenters. The van der Waals surface area contributed by atoms with Crippen molar-refractivity contribution in [2.24, 2.45) is 5.92 Å². The van der Waals surface area contributed by atoms with Crippen LogP contribution in [0.4, 0.5) is 0 Å². The van der Waals surface area contributed by atoms with Gasteiger partial charge in [-0.05, 0) is 36.0 Å². The fourth-order valence-electron chi connectivity index (χ4n) is 3.41. The van der Waals surface area contributed by atoms with E-state index in [0.29, 0.717) is 5.92 Å². The van der Waals surface area contributed by atoms with E-state index in [0.717, 1.165) is 10.9 Å². The standard InChI is InChI=1S/C19H31ClN2/c1-16(2)4-5-18(17-6-8-19(20)9-7-17)10-11-22-14-12-21(3)13-15-22/h6-9,16,18H,4-5,10-15H2,1-3H3/p+2/t18-/m0/s1. The fourth-order valence-corrected chi connectivity index (χ4v) is 3.53. The van der Waals surface area contributed by atoms with Crippen LogP contribution >= 0.6 is 11.6 Å². The molecule has 0 saturated carbocycles. The van der Waals surface area contributed by atoms with E-state index < -0.39 is 0 Å². The van der Waals surface area contributed by atoms with Crippen molar-refractivity contribution in [3.05, 3.63) is 34.9 Å². The molecule has 1 aromatic carbocycles. The summed E-state index contributed by atoms with van der Waals surface area (Å²) in [5.74, 6) is 1.48. The van der Waals surface area contributed by atoms with Crippen molar-refractivity contribution in [3.8, 4) is 0 Å². The quantitative estimate of drug-likeness (QED) is 0.755. The van der Waals surface area contributed by atoms with E-state index in [9.17, 15) is 0 Å². The van der Waals surface area contributed by atoms with Crippen molar-refractivity contribution in [1.82, 2.24) is 0 Å². The third-order valence-corrected chi connectivity index (χ3v) is 5.34. The van der Waals surface area contributed by atoms with Gasteiger partial charge in [0.15, 0.2) is 0 Å². The maximum absolute atomic E-state index is 6.05. The van der Waals surface area contributed by atoms with Gasteiger partial charge < -0.3 is 9.80 Å². The van der Waals surface area contributed by atoms with Gasteiger partial charge >= 0.3 is 0 Å². The molecule has 2 nitrogen and oxygen atoms in total. The van der Waals surface area contributed by atoms with Gasteiger partial charge in [-0.25, -0.2) is 0 Å². The van der Waals surface area contributed by atoms with E-state index in [1.165, 1.54) is 57.5 Å². The third-order valence-electron chi connectivity index (χ3n) is 5.09. The minimum Gasteiger partial charge on any atom is -0.328 e. The zero-order chi connectivity index (χ0) is 15.9. The number of nitrogens with one attached hydrogen (secondary N) is 2. The summed E-state index contributed by atoms with van der Waals surface area (Å²) in [7, 11) is 2.32. The van der Waals surface area contributed by atoms with Gasteiger partial charge in [-0.2, -0.15) is 0 Å². The van der Waals surface area contributed by atoms with E-state index >= 15 is 0 Å². The van der Waals surface area contributed by atoms with E-state index in [1.54, 1.807) is 9.80 Å². The maximum Gasteiger partial charge on any atom is 0.127 e. The second-order valence-electron chi connectivity index (χ2n) is 7.47. The van der Waals surface area contributed by atoms with Crippen molar-refractivity contribution in [2.45, 2.75) is 39.0 Å². The van der Waals surface area contributed by atoms with Gasteiger partial charge in [-0.1, -0.05) is 44.0 Å². The summed E-state index contributed by atoms with van der Waals surface area (Å²) in [6.07, 6.45) is 3.93. The van der Waals surface area contributed by atoms with Gasteiger partial charge in [0.05, 0.1) is 13.6 Å². The average Bonchev–Trinajstić information content (AvgIpc) is 2.50. The topological polar surface area (TPSA) is 8.88 Å². The molecule has 0 radical (unpaired) electrons. The SMILES string of the molecule is CC(C)CC[C@@H](CC[NH+]1CC[NH+](C)CC1)c1ccc(Cl)cc1. The third kappa shape index (κ3) is 5.91. The molecule has 0 aliphatic carbocycles. The van der Waals surface area contributed by atoms with Crippen LogP contribution in [-0.2, 0) is 0 Å². The van der Waals surface area contributed by atoms with E-state index in [1.807, 2.05) is 12.1 Å². The van der Waals surface area contributed by atoms with Crippen molar-refractivity contribution < 1.29 is 9.80 Å². The Bertz CT molecular complexity index is 422. The van der Waals surface area contributed by atoms with Crippen LogP contribution in [0.15, 0.2) is 24.3 Å². The van der Waals surface area contributed by atoms with E-state index in [2.05, 4.69) is 33.0 Å². The van der Waals surface area contributed by atoms with Crippen molar-refractivity contribution in [2.75, 3.05) is 39.8 Å². The summed E-state index contributed by atoms with van der Waals surface area (Å²) in [4.78, 5) is 3.49. The molecule has 0 unspecified atom stereocenters. The Hall–Kier alpha value is -0.570. The summed E-state index contributed by atoms with van der Waals surface area (Å²) in [5, 5.41) is 0.846. The molecule has 1 saturated heterocycles. The predicted octanol–water partition coefficient (Wildman–Crippen LogP) is 1.66. The van der Waals surface area contributed by atoms with Crippen LogP contribution in [0.5, 0.6) is 0 Å². The van der Waals surface area contributed by atoms with Crippen molar-refractivity contribution in [1.29, 1.82) is 0 Å². The molecule has 124 valence electrons. The van der Waals surface area contributed by atoms with Crippen molar-refractivity contribution in [3.63, 3.8) is 0 Å². The lowest BCUT2D eigenvalue weighted by Crippen LogP contribution is -3.27. The summed E-state index contributed by atoms with van der Waals surface area (Å²) in [6, 6.07) is 8.56. The monoisotopic (exact) mass is 324 g/mol. The van der Waals surface area contributed by atoms with Crippen LogP contribution in [0.1, 0.15) is 44.6 Å². The number of halogens is 1. The highest BCUT2D eigenvalue weighted by molar-refractivity contribution is 6.30. The number of rotatable bonds is 7. The highest BCUT2D eigenvalue weighted by Crippen LogP contribution is 2.27. The summed E-state index contributed by atoms with van der Waals surface area (Å²) >= 11 is 6.05. The summed E-state index contributed by atoms with van der Waals surface area (Å²) in [5.41, 5.74) is 1.48. The Morgan fingerprint density at radius 3 is 2.18 bits per heavy atom. The zero-order valence-corrected chi connectivity index (χ0v) is 15.3. The van der Waals surface area contributed by atoms with E-state index in [4.69, 9.17) is 11.6 Å². The molecule has 0 bridgehead atoms. The Balaban J connectivity index is 1.90. The first-order valence-corrected chi connectivity index (χ1v) is 9.32. The van der Waals surface area contributed by atoms with Gasteiger partial charge in [0.2, 0.25) is 0 Å². The second kappa shape index (κ2) is 8.90. The van der Waals surface area contributed by atoms with Crippen LogP contribution in [-0.4, -0.2) is 39.8 Å².